The highest BCUT2D eigenvalue weighted by Gasteiger charge is 2.32. The van der Waals surface area contributed by atoms with Crippen LogP contribution < -0.4 is 5.32 Å². The average Bonchev–Trinajstić information content (AvgIpc) is 2.64. The number of esters is 2. The molecule has 0 saturated heterocycles. The van der Waals surface area contributed by atoms with Gasteiger partial charge in [-0.1, -0.05) is 64.0 Å². The molecule has 1 atom stereocenters. The van der Waals surface area contributed by atoms with Crippen LogP contribution in [0.25, 0.3) is 0 Å². The van der Waals surface area contributed by atoms with Crippen molar-refractivity contribution in [2.75, 3.05) is 47.4 Å². The quantitative estimate of drug-likeness (QED) is 0.165. The van der Waals surface area contributed by atoms with E-state index in [-0.39, 0.29) is 13.2 Å². The van der Waals surface area contributed by atoms with E-state index < -0.39 is 17.9 Å². The van der Waals surface area contributed by atoms with Crippen LogP contribution in [0.2, 0.25) is 0 Å². The minimum Gasteiger partial charge on any atom is -0.463 e. The summed E-state index contributed by atoms with van der Waals surface area (Å²) in [6.07, 6.45) is 10.2. The lowest BCUT2D eigenvalue weighted by Gasteiger charge is -2.18. The maximum atomic E-state index is 12.5. The van der Waals surface area contributed by atoms with Gasteiger partial charge in [0.25, 0.3) is 0 Å². The molecule has 0 bridgehead atoms. The molecule has 0 aliphatic carbocycles. The van der Waals surface area contributed by atoms with Crippen LogP contribution in [0.3, 0.4) is 0 Å². The number of nitrogens with one attached hydrogen (secondary N) is 1. The van der Waals surface area contributed by atoms with Crippen LogP contribution in [0.4, 0.5) is 0 Å². The second-order valence-electron chi connectivity index (χ2n) is 7.56. The Morgan fingerprint density at radius 3 is 2.00 bits per heavy atom. The summed E-state index contributed by atoms with van der Waals surface area (Å²) in [5.74, 6) is -2.14. The number of rotatable bonds is 18. The molecule has 1 N–H and O–H groups in total. The second kappa shape index (κ2) is 17.7. The summed E-state index contributed by atoms with van der Waals surface area (Å²) in [5, 5.41) is 2.91. The third-order valence-corrected chi connectivity index (χ3v) is 4.61. The molecule has 0 aliphatic rings. The highest BCUT2D eigenvalue weighted by molar-refractivity contribution is 5.98. The lowest BCUT2D eigenvalue weighted by molar-refractivity contribution is -0.160. The van der Waals surface area contributed by atoms with Gasteiger partial charge < -0.3 is 19.7 Å². The number of likely N-dealkylation sites (N-methyl/N-ethyl adjacent to an activating group) is 2. The largest absolute Gasteiger partial charge is 0.463 e. The Kier molecular flexibility index (Phi) is 16.8. The van der Waals surface area contributed by atoms with E-state index in [0.29, 0.717) is 25.1 Å². The molecule has 28 heavy (non-hydrogen) atoms. The van der Waals surface area contributed by atoms with Gasteiger partial charge in [0.2, 0.25) is 0 Å². The van der Waals surface area contributed by atoms with Crippen LogP contribution in [-0.2, 0) is 19.1 Å². The van der Waals surface area contributed by atoms with Crippen molar-refractivity contribution in [3.63, 3.8) is 0 Å². The molecular weight excluding hydrogens is 356 g/mol. The Balaban J connectivity index is 4.44. The van der Waals surface area contributed by atoms with Gasteiger partial charge in [-0.2, -0.15) is 0 Å². The molecule has 0 spiro atoms. The fourth-order valence-corrected chi connectivity index (χ4v) is 2.81. The van der Waals surface area contributed by atoms with Gasteiger partial charge in [-0.3, -0.25) is 9.59 Å². The van der Waals surface area contributed by atoms with Crippen LogP contribution in [0, 0.1) is 5.92 Å². The van der Waals surface area contributed by atoms with Crippen LogP contribution in [0.1, 0.15) is 64.7 Å². The SMILES string of the molecule is C=C(CCCCCCCCCC)C(C(=O)OCCNC)C(=O)OCCN(C)C. The van der Waals surface area contributed by atoms with Crippen molar-refractivity contribution in [2.24, 2.45) is 5.92 Å². The minimum atomic E-state index is -1.02. The monoisotopic (exact) mass is 398 g/mol. The number of unbranched alkanes of at least 4 members (excludes halogenated alkanes) is 7. The Hall–Kier alpha value is -1.40. The first-order valence-electron chi connectivity index (χ1n) is 10.7. The van der Waals surface area contributed by atoms with Crippen molar-refractivity contribution in [3.8, 4) is 0 Å². The molecule has 164 valence electrons. The smallest absolute Gasteiger partial charge is 0.324 e. The number of nitrogens with zero attached hydrogens (tertiary/aromatic N) is 1. The van der Waals surface area contributed by atoms with Gasteiger partial charge in [-0.05, 0) is 34.0 Å². The molecule has 0 aliphatic heterocycles. The van der Waals surface area contributed by atoms with E-state index >= 15 is 0 Å². The first kappa shape index (κ1) is 26.6. The standard InChI is InChI=1S/C22H42N2O4/c1-6-7-8-9-10-11-12-13-14-19(2)20(21(25)27-17-15-23-3)22(26)28-18-16-24(4)5/h20,23H,2,6-18H2,1,3-5H3. The van der Waals surface area contributed by atoms with E-state index in [9.17, 15) is 9.59 Å². The van der Waals surface area contributed by atoms with Crippen molar-refractivity contribution in [1.82, 2.24) is 10.2 Å². The summed E-state index contributed by atoms with van der Waals surface area (Å²) in [6.45, 7) is 7.84. The summed E-state index contributed by atoms with van der Waals surface area (Å²) < 4.78 is 10.5. The maximum Gasteiger partial charge on any atom is 0.324 e. The van der Waals surface area contributed by atoms with Crippen LogP contribution in [-0.4, -0.2) is 64.3 Å². The third kappa shape index (κ3) is 13.7. The molecule has 0 aromatic carbocycles. The van der Waals surface area contributed by atoms with Crippen LogP contribution in [0.5, 0.6) is 0 Å². The van der Waals surface area contributed by atoms with E-state index in [4.69, 9.17) is 9.47 Å². The predicted octanol–water partition coefficient (Wildman–Crippen LogP) is 3.56. The van der Waals surface area contributed by atoms with E-state index in [1.807, 2.05) is 19.0 Å². The molecular formula is C22H42N2O4. The summed E-state index contributed by atoms with van der Waals surface area (Å²) in [7, 11) is 5.58. The number of carbonyl (C=O) groups is 2. The number of ether oxygens (including phenoxy) is 2. The van der Waals surface area contributed by atoms with Gasteiger partial charge in [-0.25, -0.2) is 0 Å². The zero-order valence-corrected chi connectivity index (χ0v) is 18.6. The number of hydrogen-bond acceptors (Lipinski definition) is 6. The van der Waals surface area contributed by atoms with Crippen molar-refractivity contribution in [1.29, 1.82) is 0 Å². The molecule has 0 aromatic heterocycles. The summed E-state index contributed by atoms with van der Waals surface area (Å²) in [4.78, 5) is 26.8. The van der Waals surface area contributed by atoms with Gasteiger partial charge in [0, 0.05) is 13.1 Å². The second-order valence-corrected chi connectivity index (χ2v) is 7.56. The molecule has 1 unspecified atom stereocenters. The van der Waals surface area contributed by atoms with Crippen LogP contribution in [0.15, 0.2) is 12.2 Å². The van der Waals surface area contributed by atoms with Gasteiger partial charge in [0.05, 0.1) is 0 Å². The first-order valence-corrected chi connectivity index (χ1v) is 10.7. The summed E-state index contributed by atoms with van der Waals surface area (Å²) >= 11 is 0. The molecule has 0 radical (unpaired) electrons. The number of carbonyl (C=O) groups excluding carboxylic acids is 2. The molecule has 0 fully saturated rings. The Labute approximate surface area is 172 Å². The summed E-state index contributed by atoms with van der Waals surface area (Å²) in [6, 6.07) is 0. The zero-order valence-electron chi connectivity index (χ0n) is 18.6. The van der Waals surface area contributed by atoms with Crippen molar-refractivity contribution in [3.05, 3.63) is 12.2 Å². The minimum absolute atomic E-state index is 0.224. The molecule has 6 heteroatoms. The average molecular weight is 399 g/mol. The lowest BCUT2D eigenvalue weighted by atomic mass is 9.95. The maximum absolute atomic E-state index is 12.5. The molecule has 0 heterocycles. The molecule has 0 aromatic rings. The topological polar surface area (TPSA) is 67.9 Å². The van der Waals surface area contributed by atoms with E-state index in [2.05, 4.69) is 18.8 Å². The fraction of sp³-hybridized carbons (Fsp3) is 0.818. The van der Waals surface area contributed by atoms with Crippen molar-refractivity contribution >= 4 is 11.9 Å². The third-order valence-electron chi connectivity index (χ3n) is 4.61. The number of hydrogen-bond donors (Lipinski definition) is 1. The van der Waals surface area contributed by atoms with Gasteiger partial charge in [-0.15, -0.1) is 0 Å². The molecule has 6 nitrogen and oxygen atoms in total. The zero-order chi connectivity index (χ0) is 21.2. The first-order chi connectivity index (χ1) is 13.4. The fourth-order valence-electron chi connectivity index (χ4n) is 2.81. The molecule has 0 rings (SSSR count). The molecule has 0 saturated carbocycles. The van der Waals surface area contributed by atoms with E-state index in [1.54, 1.807) is 7.05 Å². The lowest BCUT2D eigenvalue weighted by Crippen LogP contribution is -2.32. The summed E-state index contributed by atoms with van der Waals surface area (Å²) in [5.41, 5.74) is 0.593. The van der Waals surface area contributed by atoms with Crippen molar-refractivity contribution < 1.29 is 19.1 Å². The normalized spacial score (nSPS) is 12.0. The Morgan fingerprint density at radius 1 is 0.929 bits per heavy atom. The van der Waals surface area contributed by atoms with Gasteiger partial charge in [0.1, 0.15) is 13.2 Å². The van der Waals surface area contributed by atoms with Gasteiger partial charge >= 0.3 is 11.9 Å². The van der Waals surface area contributed by atoms with E-state index in [0.717, 1.165) is 12.8 Å². The van der Waals surface area contributed by atoms with Gasteiger partial charge in [0.15, 0.2) is 5.92 Å². The van der Waals surface area contributed by atoms with Crippen molar-refractivity contribution in [2.45, 2.75) is 64.7 Å². The molecule has 0 amide bonds. The highest BCUT2D eigenvalue weighted by Crippen LogP contribution is 2.21. The Morgan fingerprint density at radius 2 is 1.46 bits per heavy atom. The van der Waals surface area contributed by atoms with E-state index in [1.165, 1.54) is 38.5 Å². The predicted molar refractivity (Wildman–Crippen MR) is 114 cm³/mol. The van der Waals surface area contributed by atoms with Crippen LogP contribution >= 0.6 is 0 Å². The highest BCUT2D eigenvalue weighted by atomic mass is 16.6. The Bertz CT molecular complexity index is 438.